The first-order valence-electron chi connectivity index (χ1n) is 11.3. The van der Waals surface area contributed by atoms with Crippen LogP contribution in [0.25, 0.3) is 0 Å². The van der Waals surface area contributed by atoms with Crippen LogP contribution in [0, 0.1) is 5.92 Å². The summed E-state index contributed by atoms with van der Waals surface area (Å²) in [5, 5.41) is -0.0402. The van der Waals surface area contributed by atoms with Crippen molar-refractivity contribution in [2.45, 2.75) is 56.3 Å². The topological polar surface area (TPSA) is 64.0 Å². The number of benzene rings is 2. The minimum Gasteiger partial charge on any atom is -0.339 e. The number of fused-ring (bicyclic) bond motifs is 1. The highest BCUT2D eigenvalue weighted by Crippen LogP contribution is 2.43. The average molecular weight is 492 g/mol. The Bertz CT molecular complexity index is 1270. The molecule has 0 bridgehead atoms. The third kappa shape index (κ3) is 5.36. The summed E-state index contributed by atoms with van der Waals surface area (Å²) in [4.78, 5) is 3.90. The molecule has 2 unspecified atom stereocenters. The molecule has 34 heavy (non-hydrogen) atoms. The zero-order chi connectivity index (χ0) is 24.5. The van der Waals surface area contributed by atoms with Crippen LogP contribution in [0.3, 0.4) is 0 Å². The third-order valence-corrected chi connectivity index (χ3v) is 7.74. The van der Waals surface area contributed by atoms with Crippen LogP contribution in [0.15, 0.2) is 60.0 Å². The van der Waals surface area contributed by atoms with Crippen LogP contribution >= 0.6 is 0 Å². The summed E-state index contributed by atoms with van der Waals surface area (Å²) in [5.74, 6) is 0.431. The predicted octanol–water partition coefficient (Wildman–Crippen LogP) is 5.22. The standard InChI is InChI=1S/C25H28F3N3O2S/c1-3-5-19-13-20-9-8-18(14-30-34(32,33)24-15-31(2)16-29-24)12-23(20)22(19)11-17-6-4-7-21(10-17)25(26,27)28/h4,6-10,12,15-16,19,22,30H,3,5,11,13-14H2,1-2H3. The van der Waals surface area contributed by atoms with Crippen molar-refractivity contribution >= 4 is 10.0 Å². The van der Waals surface area contributed by atoms with E-state index in [0.29, 0.717) is 17.9 Å². The molecule has 1 aliphatic rings. The lowest BCUT2D eigenvalue weighted by atomic mass is 9.84. The van der Waals surface area contributed by atoms with E-state index in [1.807, 2.05) is 18.2 Å². The van der Waals surface area contributed by atoms with Gasteiger partial charge in [0.2, 0.25) is 0 Å². The van der Waals surface area contributed by atoms with Crippen molar-refractivity contribution < 1.29 is 21.6 Å². The maximum atomic E-state index is 13.2. The van der Waals surface area contributed by atoms with E-state index in [9.17, 15) is 21.6 Å². The zero-order valence-corrected chi connectivity index (χ0v) is 20.0. The molecule has 0 aliphatic heterocycles. The first kappa shape index (κ1) is 24.5. The van der Waals surface area contributed by atoms with Gasteiger partial charge in [-0.2, -0.15) is 13.2 Å². The van der Waals surface area contributed by atoms with Crippen LogP contribution in [0.4, 0.5) is 13.2 Å². The number of alkyl halides is 3. The number of halogens is 3. The van der Waals surface area contributed by atoms with E-state index in [-0.39, 0.29) is 17.5 Å². The average Bonchev–Trinajstić information content (AvgIpc) is 3.37. The van der Waals surface area contributed by atoms with Gasteiger partial charge < -0.3 is 4.57 Å². The molecule has 1 N–H and O–H groups in total. The summed E-state index contributed by atoms with van der Waals surface area (Å²) in [5.41, 5.74) is 3.13. The fraction of sp³-hybridized carbons (Fsp3) is 0.400. The Balaban J connectivity index is 1.57. The van der Waals surface area contributed by atoms with E-state index in [1.54, 1.807) is 17.7 Å². The predicted molar refractivity (Wildman–Crippen MR) is 124 cm³/mol. The van der Waals surface area contributed by atoms with Gasteiger partial charge in [0, 0.05) is 19.8 Å². The number of nitrogens with zero attached hydrogens (tertiary/aromatic N) is 2. The van der Waals surface area contributed by atoms with E-state index in [1.165, 1.54) is 30.2 Å². The summed E-state index contributed by atoms with van der Waals surface area (Å²) < 4.78 is 68.9. The smallest absolute Gasteiger partial charge is 0.339 e. The number of sulfonamides is 1. The zero-order valence-electron chi connectivity index (χ0n) is 19.1. The van der Waals surface area contributed by atoms with Crippen molar-refractivity contribution in [3.8, 4) is 0 Å². The molecule has 1 aliphatic carbocycles. The first-order valence-corrected chi connectivity index (χ1v) is 12.8. The number of hydrogen-bond acceptors (Lipinski definition) is 3. The lowest BCUT2D eigenvalue weighted by molar-refractivity contribution is -0.137. The lowest BCUT2D eigenvalue weighted by Gasteiger charge is -2.21. The molecule has 2 atom stereocenters. The van der Waals surface area contributed by atoms with Crippen molar-refractivity contribution in [2.75, 3.05) is 0 Å². The summed E-state index contributed by atoms with van der Waals surface area (Å²) in [6, 6.07) is 11.5. The number of aryl methyl sites for hydroxylation is 1. The third-order valence-electron chi connectivity index (χ3n) is 6.45. The number of aromatic nitrogens is 2. The highest BCUT2D eigenvalue weighted by atomic mass is 32.2. The molecule has 0 fully saturated rings. The van der Waals surface area contributed by atoms with Crippen molar-refractivity contribution in [2.24, 2.45) is 13.0 Å². The van der Waals surface area contributed by atoms with Gasteiger partial charge in [-0.15, -0.1) is 0 Å². The van der Waals surface area contributed by atoms with Gasteiger partial charge in [-0.25, -0.2) is 18.1 Å². The fourth-order valence-electron chi connectivity index (χ4n) is 4.82. The largest absolute Gasteiger partial charge is 0.416 e. The second-order valence-electron chi connectivity index (χ2n) is 9.00. The first-order chi connectivity index (χ1) is 16.1. The molecule has 0 amide bonds. The Morgan fingerprint density at radius 1 is 1.15 bits per heavy atom. The van der Waals surface area contributed by atoms with Crippen LogP contribution in [0.5, 0.6) is 0 Å². The van der Waals surface area contributed by atoms with Crippen molar-refractivity contribution in [3.63, 3.8) is 0 Å². The summed E-state index contributed by atoms with van der Waals surface area (Å²) in [6.07, 6.45) is 1.87. The van der Waals surface area contributed by atoms with Crippen LogP contribution in [0.1, 0.15) is 53.5 Å². The maximum absolute atomic E-state index is 13.2. The Morgan fingerprint density at radius 2 is 1.94 bits per heavy atom. The van der Waals surface area contributed by atoms with Gasteiger partial charge in [0.05, 0.1) is 11.9 Å². The van der Waals surface area contributed by atoms with E-state index >= 15 is 0 Å². The van der Waals surface area contributed by atoms with E-state index in [0.717, 1.165) is 36.5 Å². The highest BCUT2D eigenvalue weighted by molar-refractivity contribution is 7.89. The van der Waals surface area contributed by atoms with Gasteiger partial charge in [0.25, 0.3) is 10.0 Å². The summed E-state index contributed by atoms with van der Waals surface area (Å²) >= 11 is 0. The van der Waals surface area contributed by atoms with Gasteiger partial charge in [-0.3, -0.25) is 0 Å². The maximum Gasteiger partial charge on any atom is 0.416 e. The molecule has 1 aromatic heterocycles. The van der Waals surface area contributed by atoms with Gasteiger partial charge in [0.15, 0.2) is 5.03 Å². The van der Waals surface area contributed by atoms with Crippen LogP contribution in [-0.4, -0.2) is 18.0 Å². The number of nitrogens with one attached hydrogen (secondary N) is 1. The molecule has 0 radical (unpaired) electrons. The van der Waals surface area contributed by atoms with Crippen molar-refractivity contribution in [3.05, 3.63) is 82.8 Å². The minimum absolute atomic E-state index is 0.0402. The molecular formula is C25H28F3N3O2S. The van der Waals surface area contributed by atoms with E-state index < -0.39 is 21.8 Å². The molecule has 0 saturated carbocycles. The number of hydrogen-bond donors (Lipinski definition) is 1. The SMILES string of the molecule is CCCC1Cc2ccc(CNS(=O)(=O)c3cn(C)cn3)cc2C1Cc1cccc(C(F)(F)F)c1. The Labute approximate surface area is 198 Å². The monoisotopic (exact) mass is 491 g/mol. The number of imidazole rings is 1. The Morgan fingerprint density at radius 3 is 2.62 bits per heavy atom. The van der Waals surface area contributed by atoms with Gasteiger partial charge >= 0.3 is 6.18 Å². The quantitative estimate of drug-likeness (QED) is 0.470. The van der Waals surface area contributed by atoms with E-state index in [2.05, 4.69) is 16.6 Å². The van der Waals surface area contributed by atoms with Crippen LogP contribution < -0.4 is 4.72 Å². The Kier molecular flexibility index (Phi) is 6.87. The minimum atomic E-state index is -4.37. The Hall–Kier alpha value is -2.65. The lowest BCUT2D eigenvalue weighted by Crippen LogP contribution is -2.23. The van der Waals surface area contributed by atoms with Gasteiger partial charge in [-0.1, -0.05) is 49.7 Å². The van der Waals surface area contributed by atoms with Crippen molar-refractivity contribution in [1.82, 2.24) is 14.3 Å². The van der Waals surface area contributed by atoms with Crippen LogP contribution in [-0.2, 0) is 42.6 Å². The van der Waals surface area contributed by atoms with E-state index in [4.69, 9.17) is 0 Å². The molecule has 1 heterocycles. The molecule has 9 heteroatoms. The van der Waals surface area contributed by atoms with Crippen molar-refractivity contribution in [1.29, 1.82) is 0 Å². The normalized spacial score (nSPS) is 18.3. The molecule has 5 nitrogen and oxygen atoms in total. The molecule has 2 aromatic carbocycles. The molecule has 0 spiro atoms. The molecule has 4 rings (SSSR count). The molecule has 182 valence electrons. The van der Waals surface area contributed by atoms with Gasteiger partial charge in [-0.05, 0) is 59.4 Å². The fourth-order valence-corrected chi connectivity index (χ4v) is 5.82. The second-order valence-corrected chi connectivity index (χ2v) is 10.7. The second kappa shape index (κ2) is 9.54. The summed E-state index contributed by atoms with van der Waals surface area (Å²) in [7, 11) is -2.04. The highest BCUT2D eigenvalue weighted by Gasteiger charge is 2.34. The van der Waals surface area contributed by atoms with Gasteiger partial charge in [0.1, 0.15) is 0 Å². The summed E-state index contributed by atoms with van der Waals surface area (Å²) in [6.45, 7) is 2.23. The molecular weight excluding hydrogens is 463 g/mol. The molecule has 3 aromatic rings. The van der Waals surface area contributed by atoms with Crippen LogP contribution in [0.2, 0.25) is 0 Å². The molecule has 0 saturated heterocycles. The number of rotatable bonds is 8.